The summed E-state index contributed by atoms with van der Waals surface area (Å²) in [5, 5.41) is 1.04. The Morgan fingerprint density at radius 3 is 2.82 bits per heavy atom. The maximum absolute atomic E-state index is 13.0. The number of para-hydroxylation sites is 2. The molecule has 0 saturated carbocycles. The number of imidazole rings is 1. The Hall–Kier alpha value is -3.08. The smallest absolute Gasteiger partial charge is 0.265 e. The monoisotopic (exact) mass is 290 g/mol. The molecule has 4 aromatic rings. The van der Waals surface area contributed by atoms with Crippen LogP contribution in [-0.2, 0) is 7.05 Å². The van der Waals surface area contributed by atoms with Gasteiger partial charge in [-0.2, -0.15) is 0 Å². The first-order chi connectivity index (χ1) is 10.7. The summed E-state index contributed by atoms with van der Waals surface area (Å²) >= 11 is 0. The molecule has 22 heavy (non-hydrogen) atoms. The Morgan fingerprint density at radius 1 is 1.14 bits per heavy atom. The average molecular weight is 290 g/mol. The van der Waals surface area contributed by atoms with Gasteiger partial charge in [0.1, 0.15) is 11.8 Å². The number of anilines is 1. The minimum absolute atomic E-state index is 0.111. The molecule has 2 aromatic heterocycles. The lowest BCUT2D eigenvalue weighted by molar-refractivity contribution is 0.0965. The Labute approximate surface area is 126 Å². The van der Waals surface area contributed by atoms with Gasteiger partial charge in [-0.05, 0) is 24.3 Å². The van der Waals surface area contributed by atoms with Gasteiger partial charge in [0.15, 0.2) is 0 Å². The largest absolute Gasteiger partial charge is 0.397 e. The molecule has 4 rings (SSSR count). The van der Waals surface area contributed by atoms with Crippen molar-refractivity contribution in [1.82, 2.24) is 14.1 Å². The number of fused-ring (bicyclic) bond motifs is 2. The summed E-state index contributed by atoms with van der Waals surface area (Å²) in [6.45, 7) is 0. The predicted octanol–water partition coefficient (Wildman–Crippen LogP) is 2.80. The molecular formula is C17H14N4O. The topological polar surface area (TPSA) is 65.8 Å². The zero-order valence-electron chi connectivity index (χ0n) is 12.0. The molecule has 2 heterocycles. The van der Waals surface area contributed by atoms with Gasteiger partial charge in [-0.3, -0.25) is 9.36 Å². The van der Waals surface area contributed by atoms with E-state index in [1.807, 2.05) is 54.2 Å². The molecular weight excluding hydrogens is 276 g/mol. The highest BCUT2D eigenvalue weighted by atomic mass is 16.2. The summed E-state index contributed by atoms with van der Waals surface area (Å²) in [6.07, 6.45) is 3.48. The van der Waals surface area contributed by atoms with Gasteiger partial charge in [0.05, 0.1) is 22.3 Å². The van der Waals surface area contributed by atoms with Crippen LogP contribution in [0.25, 0.3) is 21.9 Å². The number of nitrogens with zero attached hydrogens (tertiary/aromatic N) is 3. The van der Waals surface area contributed by atoms with E-state index in [-0.39, 0.29) is 5.91 Å². The molecule has 0 fully saturated rings. The summed E-state index contributed by atoms with van der Waals surface area (Å²) in [7, 11) is 1.93. The van der Waals surface area contributed by atoms with E-state index in [1.54, 1.807) is 10.6 Å². The van der Waals surface area contributed by atoms with Gasteiger partial charge in [0.2, 0.25) is 0 Å². The van der Waals surface area contributed by atoms with Gasteiger partial charge in [-0.1, -0.05) is 18.2 Å². The number of hydrogen-bond donors (Lipinski definition) is 1. The molecule has 2 aromatic carbocycles. The Kier molecular flexibility index (Phi) is 2.56. The van der Waals surface area contributed by atoms with Crippen LogP contribution in [0.3, 0.4) is 0 Å². The second kappa shape index (κ2) is 4.46. The van der Waals surface area contributed by atoms with Crippen molar-refractivity contribution in [2.24, 2.45) is 7.05 Å². The van der Waals surface area contributed by atoms with Crippen LogP contribution in [0, 0.1) is 0 Å². The number of carbonyl (C=O) groups excluding carboxylic acids is 1. The van der Waals surface area contributed by atoms with E-state index in [1.165, 1.54) is 6.33 Å². The second-order valence-corrected chi connectivity index (χ2v) is 5.30. The third-order valence-electron chi connectivity index (χ3n) is 3.95. The number of nitrogens with two attached hydrogens (primary N) is 1. The van der Waals surface area contributed by atoms with Crippen LogP contribution in [0.1, 0.15) is 10.4 Å². The zero-order chi connectivity index (χ0) is 15.3. The minimum Gasteiger partial charge on any atom is -0.397 e. The quantitative estimate of drug-likeness (QED) is 0.548. The lowest BCUT2D eigenvalue weighted by Crippen LogP contribution is -2.12. The normalized spacial score (nSPS) is 11.3. The first-order valence-electron chi connectivity index (χ1n) is 6.97. The van der Waals surface area contributed by atoms with Crippen LogP contribution in [0.2, 0.25) is 0 Å². The van der Waals surface area contributed by atoms with Gasteiger partial charge in [0, 0.05) is 18.6 Å². The van der Waals surface area contributed by atoms with Crippen LogP contribution in [0.15, 0.2) is 55.0 Å². The highest BCUT2D eigenvalue weighted by Crippen LogP contribution is 2.24. The number of benzene rings is 2. The maximum atomic E-state index is 13.0. The van der Waals surface area contributed by atoms with E-state index in [0.717, 1.165) is 16.4 Å². The first-order valence-corrected chi connectivity index (χ1v) is 6.97. The third kappa shape index (κ3) is 1.65. The van der Waals surface area contributed by atoms with Crippen LogP contribution >= 0.6 is 0 Å². The van der Waals surface area contributed by atoms with E-state index in [2.05, 4.69) is 4.98 Å². The summed E-state index contributed by atoms with van der Waals surface area (Å²) in [5.74, 6) is -0.111. The van der Waals surface area contributed by atoms with Gasteiger partial charge >= 0.3 is 0 Å². The molecule has 0 unspecified atom stereocenters. The molecule has 0 spiro atoms. The SMILES string of the molecule is Cn1ccc2cccc(C(=O)n3cnc4c(N)cccc43)c21. The van der Waals surface area contributed by atoms with Crippen molar-refractivity contribution in [2.75, 3.05) is 5.73 Å². The fraction of sp³-hybridized carbons (Fsp3) is 0.0588. The number of nitrogen functional groups attached to an aromatic ring is 1. The second-order valence-electron chi connectivity index (χ2n) is 5.30. The van der Waals surface area contributed by atoms with Crippen molar-refractivity contribution in [3.8, 4) is 0 Å². The predicted molar refractivity (Wildman–Crippen MR) is 86.8 cm³/mol. The summed E-state index contributed by atoms with van der Waals surface area (Å²) in [4.78, 5) is 17.2. The van der Waals surface area contributed by atoms with Crippen molar-refractivity contribution >= 4 is 33.5 Å². The fourth-order valence-electron chi connectivity index (χ4n) is 2.88. The number of rotatable bonds is 1. The third-order valence-corrected chi connectivity index (χ3v) is 3.95. The van der Waals surface area contributed by atoms with Gasteiger partial charge in [-0.25, -0.2) is 4.98 Å². The van der Waals surface area contributed by atoms with Crippen LogP contribution in [-0.4, -0.2) is 20.0 Å². The van der Waals surface area contributed by atoms with Crippen LogP contribution < -0.4 is 5.73 Å². The highest BCUT2D eigenvalue weighted by Gasteiger charge is 2.17. The van der Waals surface area contributed by atoms with Crippen molar-refractivity contribution in [3.63, 3.8) is 0 Å². The van der Waals surface area contributed by atoms with E-state index < -0.39 is 0 Å². The molecule has 108 valence electrons. The number of hydrogen-bond acceptors (Lipinski definition) is 3. The van der Waals surface area contributed by atoms with E-state index in [0.29, 0.717) is 16.8 Å². The molecule has 0 atom stereocenters. The van der Waals surface area contributed by atoms with E-state index in [4.69, 9.17) is 5.73 Å². The lowest BCUT2D eigenvalue weighted by atomic mass is 10.1. The zero-order valence-corrected chi connectivity index (χ0v) is 12.0. The van der Waals surface area contributed by atoms with E-state index >= 15 is 0 Å². The van der Waals surface area contributed by atoms with Crippen LogP contribution in [0.5, 0.6) is 0 Å². The molecule has 0 aliphatic carbocycles. The van der Waals surface area contributed by atoms with Crippen LogP contribution in [0.4, 0.5) is 5.69 Å². The van der Waals surface area contributed by atoms with E-state index in [9.17, 15) is 4.79 Å². The highest BCUT2D eigenvalue weighted by molar-refractivity contribution is 6.10. The van der Waals surface area contributed by atoms with Gasteiger partial charge < -0.3 is 10.3 Å². The summed E-state index contributed by atoms with van der Waals surface area (Å²) in [5.41, 5.74) is 9.41. The number of aromatic nitrogens is 3. The molecule has 5 heteroatoms. The molecule has 0 saturated heterocycles. The van der Waals surface area contributed by atoms with Crippen molar-refractivity contribution in [1.29, 1.82) is 0 Å². The Balaban J connectivity index is 1.96. The molecule has 0 bridgehead atoms. The molecule has 2 N–H and O–H groups in total. The molecule has 0 radical (unpaired) electrons. The fourth-order valence-corrected chi connectivity index (χ4v) is 2.88. The summed E-state index contributed by atoms with van der Waals surface area (Å²) < 4.78 is 3.50. The Bertz CT molecular complexity index is 1030. The summed E-state index contributed by atoms with van der Waals surface area (Å²) in [6, 6.07) is 13.2. The van der Waals surface area contributed by atoms with Gasteiger partial charge in [0.25, 0.3) is 5.91 Å². The minimum atomic E-state index is -0.111. The molecule has 5 nitrogen and oxygen atoms in total. The number of carbonyl (C=O) groups is 1. The van der Waals surface area contributed by atoms with Crippen molar-refractivity contribution in [2.45, 2.75) is 0 Å². The maximum Gasteiger partial charge on any atom is 0.265 e. The standard InChI is InChI=1S/C17H14N4O/c1-20-9-8-11-4-2-5-12(16(11)20)17(22)21-10-19-15-13(18)6-3-7-14(15)21/h2-10H,18H2,1H3. The molecule has 0 aliphatic heterocycles. The average Bonchev–Trinajstić information content (AvgIpc) is 3.12. The molecule has 0 amide bonds. The van der Waals surface area contributed by atoms with Crippen molar-refractivity contribution in [3.05, 3.63) is 60.6 Å². The Morgan fingerprint density at radius 2 is 1.95 bits per heavy atom. The lowest BCUT2D eigenvalue weighted by Gasteiger charge is -2.07. The van der Waals surface area contributed by atoms with Gasteiger partial charge in [-0.15, -0.1) is 0 Å². The molecule has 0 aliphatic rings. The number of aryl methyl sites for hydroxylation is 1. The first kappa shape index (κ1) is 12.6. The van der Waals surface area contributed by atoms with Crippen molar-refractivity contribution < 1.29 is 4.79 Å².